The molecule has 0 radical (unpaired) electrons. The third kappa shape index (κ3) is 2.66. The van der Waals surface area contributed by atoms with Crippen molar-refractivity contribution in [3.05, 3.63) is 89.0 Å². The SMILES string of the molecule is O=C(Nc1ccc(-n2cccn2)cc1)c1cc2c(=O)c3ccccc3oc2o1. The zero-order valence-electron chi connectivity index (χ0n) is 14.5. The molecule has 0 spiro atoms. The highest BCUT2D eigenvalue weighted by Crippen LogP contribution is 2.22. The second-order valence-corrected chi connectivity index (χ2v) is 6.19. The highest BCUT2D eigenvalue weighted by Gasteiger charge is 2.17. The Morgan fingerprint density at radius 2 is 1.79 bits per heavy atom. The van der Waals surface area contributed by atoms with E-state index in [1.54, 1.807) is 47.3 Å². The summed E-state index contributed by atoms with van der Waals surface area (Å²) in [7, 11) is 0. The van der Waals surface area contributed by atoms with Crippen LogP contribution in [0.25, 0.3) is 27.8 Å². The molecule has 0 saturated carbocycles. The van der Waals surface area contributed by atoms with Gasteiger partial charge in [-0.3, -0.25) is 9.59 Å². The summed E-state index contributed by atoms with van der Waals surface area (Å²) in [5.41, 5.74) is 1.64. The van der Waals surface area contributed by atoms with Crippen LogP contribution in [-0.2, 0) is 0 Å². The second kappa shape index (κ2) is 6.24. The van der Waals surface area contributed by atoms with Gasteiger partial charge in [0.15, 0.2) is 5.76 Å². The zero-order chi connectivity index (χ0) is 19.1. The lowest BCUT2D eigenvalue weighted by atomic mass is 10.2. The van der Waals surface area contributed by atoms with Crippen molar-refractivity contribution >= 4 is 33.7 Å². The fraction of sp³-hybridized carbons (Fsp3) is 0. The summed E-state index contributed by atoms with van der Waals surface area (Å²) in [6.07, 6.45) is 3.52. The van der Waals surface area contributed by atoms with Gasteiger partial charge in [-0.2, -0.15) is 5.10 Å². The summed E-state index contributed by atoms with van der Waals surface area (Å²) in [5.74, 6) is -0.438. The molecule has 0 aliphatic carbocycles. The lowest BCUT2D eigenvalue weighted by Crippen LogP contribution is -2.11. The molecule has 3 heterocycles. The predicted octanol–water partition coefficient (Wildman–Crippen LogP) is 3.98. The van der Waals surface area contributed by atoms with Crippen LogP contribution in [0.3, 0.4) is 0 Å². The molecule has 7 heteroatoms. The molecule has 0 bridgehead atoms. The molecule has 0 aliphatic rings. The molecule has 7 nitrogen and oxygen atoms in total. The van der Waals surface area contributed by atoms with Crippen molar-refractivity contribution in [2.75, 3.05) is 5.32 Å². The number of carbonyl (C=O) groups excluding carboxylic acids is 1. The van der Waals surface area contributed by atoms with Gasteiger partial charge in [0.05, 0.1) is 11.1 Å². The molecule has 0 unspecified atom stereocenters. The molecule has 5 rings (SSSR count). The number of aromatic nitrogens is 2. The number of rotatable bonds is 3. The zero-order valence-corrected chi connectivity index (χ0v) is 14.5. The van der Waals surface area contributed by atoms with Crippen molar-refractivity contribution in [3.63, 3.8) is 0 Å². The van der Waals surface area contributed by atoms with Crippen molar-refractivity contribution in [1.82, 2.24) is 9.78 Å². The Bertz CT molecular complexity index is 1360. The van der Waals surface area contributed by atoms with Gasteiger partial charge in [-0.1, -0.05) is 12.1 Å². The van der Waals surface area contributed by atoms with E-state index in [4.69, 9.17) is 8.83 Å². The minimum atomic E-state index is -0.471. The number of para-hydroxylation sites is 1. The van der Waals surface area contributed by atoms with Gasteiger partial charge >= 0.3 is 5.78 Å². The number of hydrogen-bond donors (Lipinski definition) is 1. The highest BCUT2D eigenvalue weighted by molar-refractivity contribution is 6.04. The lowest BCUT2D eigenvalue weighted by Gasteiger charge is -2.05. The van der Waals surface area contributed by atoms with Crippen molar-refractivity contribution in [2.45, 2.75) is 0 Å². The van der Waals surface area contributed by atoms with E-state index in [-0.39, 0.29) is 22.4 Å². The van der Waals surface area contributed by atoms with E-state index < -0.39 is 5.91 Å². The van der Waals surface area contributed by atoms with E-state index in [1.165, 1.54) is 6.07 Å². The van der Waals surface area contributed by atoms with Gasteiger partial charge in [0.25, 0.3) is 5.91 Å². The molecule has 3 aromatic heterocycles. The molecule has 0 saturated heterocycles. The highest BCUT2D eigenvalue weighted by atomic mass is 16.5. The summed E-state index contributed by atoms with van der Waals surface area (Å²) in [4.78, 5) is 25.1. The van der Waals surface area contributed by atoms with Crippen LogP contribution in [-0.4, -0.2) is 15.7 Å². The fourth-order valence-corrected chi connectivity index (χ4v) is 3.02. The van der Waals surface area contributed by atoms with Gasteiger partial charge in [0.1, 0.15) is 11.0 Å². The first-order chi connectivity index (χ1) is 13.7. The second-order valence-electron chi connectivity index (χ2n) is 6.19. The Labute approximate surface area is 157 Å². The summed E-state index contributed by atoms with van der Waals surface area (Å²) in [6, 6.07) is 17.3. The van der Waals surface area contributed by atoms with Crippen LogP contribution in [0.2, 0.25) is 0 Å². The van der Waals surface area contributed by atoms with Gasteiger partial charge in [-0.05, 0) is 42.5 Å². The molecule has 1 N–H and O–H groups in total. The van der Waals surface area contributed by atoms with Crippen LogP contribution >= 0.6 is 0 Å². The number of carbonyl (C=O) groups is 1. The topological polar surface area (TPSA) is 90.3 Å². The molecule has 0 atom stereocenters. The monoisotopic (exact) mass is 371 g/mol. The Morgan fingerprint density at radius 3 is 2.57 bits per heavy atom. The molecule has 136 valence electrons. The minimum absolute atomic E-state index is 0.00214. The van der Waals surface area contributed by atoms with E-state index in [1.807, 2.05) is 24.4 Å². The molecule has 0 fully saturated rings. The van der Waals surface area contributed by atoms with Crippen LogP contribution in [0.15, 0.2) is 86.7 Å². The number of nitrogens with zero attached hydrogens (tertiary/aromatic N) is 2. The maximum absolute atomic E-state index is 12.6. The quantitative estimate of drug-likeness (QED) is 0.518. The average molecular weight is 371 g/mol. The van der Waals surface area contributed by atoms with Gasteiger partial charge in [-0.25, -0.2) is 4.68 Å². The van der Waals surface area contributed by atoms with Crippen molar-refractivity contribution in [1.29, 1.82) is 0 Å². The van der Waals surface area contributed by atoms with E-state index in [2.05, 4.69) is 10.4 Å². The number of fused-ring (bicyclic) bond motifs is 2. The maximum Gasteiger partial charge on any atom is 0.302 e. The summed E-state index contributed by atoms with van der Waals surface area (Å²) in [6.45, 7) is 0. The van der Waals surface area contributed by atoms with E-state index >= 15 is 0 Å². The van der Waals surface area contributed by atoms with Crippen molar-refractivity contribution in [3.8, 4) is 5.69 Å². The number of amides is 1. The number of nitrogens with one attached hydrogen (secondary N) is 1. The van der Waals surface area contributed by atoms with Gasteiger partial charge in [0.2, 0.25) is 5.43 Å². The lowest BCUT2D eigenvalue weighted by molar-refractivity contribution is 0.0997. The van der Waals surface area contributed by atoms with Gasteiger partial charge in [0, 0.05) is 24.1 Å². The number of hydrogen-bond acceptors (Lipinski definition) is 5. The largest absolute Gasteiger partial charge is 0.425 e. The Kier molecular flexibility index (Phi) is 3.58. The van der Waals surface area contributed by atoms with E-state index in [9.17, 15) is 9.59 Å². The molecule has 28 heavy (non-hydrogen) atoms. The fourth-order valence-electron chi connectivity index (χ4n) is 3.02. The average Bonchev–Trinajstić information content (AvgIpc) is 3.39. The third-order valence-corrected chi connectivity index (χ3v) is 4.39. The molecule has 0 aliphatic heterocycles. The Balaban J connectivity index is 1.45. The standard InChI is InChI=1S/C21H13N3O4/c25-19-15-4-1-2-5-17(15)27-21-16(19)12-18(28-21)20(26)23-13-6-8-14(9-7-13)24-11-3-10-22-24/h1-12H,(H,23,26). The number of anilines is 1. The molecule has 5 aromatic rings. The van der Waals surface area contributed by atoms with Crippen molar-refractivity contribution in [2.24, 2.45) is 0 Å². The summed E-state index contributed by atoms with van der Waals surface area (Å²) < 4.78 is 12.8. The smallest absolute Gasteiger partial charge is 0.302 e. The summed E-state index contributed by atoms with van der Waals surface area (Å²) in [5, 5.41) is 7.58. The molecule has 1 amide bonds. The predicted molar refractivity (Wildman–Crippen MR) is 104 cm³/mol. The first-order valence-electron chi connectivity index (χ1n) is 8.56. The van der Waals surface area contributed by atoms with Crippen LogP contribution in [0.5, 0.6) is 0 Å². The summed E-state index contributed by atoms with van der Waals surface area (Å²) >= 11 is 0. The Morgan fingerprint density at radius 1 is 0.964 bits per heavy atom. The first kappa shape index (κ1) is 16.1. The van der Waals surface area contributed by atoms with Crippen LogP contribution in [0, 0.1) is 0 Å². The molecular weight excluding hydrogens is 358 g/mol. The van der Waals surface area contributed by atoms with Crippen molar-refractivity contribution < 1.29 is 13.6 Å². The van der Waals surface area contributed by atoms with Crippen LogP contribution in [0.4, 0.5) is 5.69 Å². The number of benzene rings is 2. The third-order valence-electron chi connectivity index (χ3n) is 4.39. The number of furan rings is 1. The Hall–Kier alpha value is -4.13. The van der Waals surface area contributed by atoms with Crippen LogP contribution in [0.1, 0.15) is 10.6 Å². The normalized spacial score (nSPS) is 11.1. The van der Waals surface area contributed by atoms with Gasteiger partial charge in [-0.15, -0.1) is 0 Å². The maximum atomic E-state index is 12.6. The first-order valence-corrected chi connectivity index (χ1v) is 8.56. The van der Waals surface area contributed by atoms with E-state index in [0.717, 1.165) is 5.69 Å². The van der Waals surface area contributed by atoms with Crippen LogP contribution < -0.4 is 10.7 Å². The van der Waals surface area contributed by atoms with E-state index in [0.29, 0.717) is 16.7 Å². The molecular formula is C21H13N3O4. The molecule has 2 aromatic carbocycles. The minimum Gasteiger partial charge on any atom is -0.425 e. The van der Waals surface area contributed by atoms with Gasteiger partial charge < -0.3 is 14.2 Å².